The van der Waals surface area contributed by atoms with E-state index in [2.05, 4.69) is 138 Å². The van der Waals surface area contributed by atoms with Gasteiger partial charge in [-0.05, 0) is 59.2 Å². The number of hydrogen-bond donors (Lipinski definition) is 0. The van der Waals surface area contributed by atoms with Crippen LogP contribution in [0.3, 0.4) is 0 Å². The van der Waals surface area contributed by atoms with Crippen molar-refractivity contribution in [1.82, 2.24) is 19.5 Å². The lowest BCUT2D eigenvalue weighted by molar-refractivity contribution is 0.670. The maximum atomic E-state index is 6.83. The standard InChI is InChI=1S/C51H32N4O/c1-4-15-33(16-5-1)49-52-50(34-17-6-2-7-18-34)54-51(53-49)36-27-29-41-43-25-14-24-42(48(43)56-47(41)32-36)39-22-11-10-21-38(39)35-28-30-46-44(31-35)40-23-12-13-26-45(40)55(46)37-19-8-3-9-20-37/h1-32H. The second-order valence-electron chi connectivity index (χ2n) is 14.0. The minimum Gasteiger partial charge on any atom is -0.455 e. The molecule has 0 amide bonds. The molecule has 262 valence electrons. The molecule has 0 unspecified atom stereocenters. The molecule has 0 aliphatic heterocycles. The lowest BCUT2D eigenvalue weighted by Crippen LogP contribution is -2.00. The first-order valence-electron chi connectivity index (χ1n) is 18.8. The highest BCUT2D eigenvalue weighted by molar-refractivity contribution is 6.13. The van der Waals surface area contributed by atoms with Crippen molar-refractivity contribution in [1.29, 1.82) is 0 Å². The van der Waals surface area contributed by atoms with Crippen molar-refractivity contribution in [3.63, 3.8) is 0 Å². The molecule has 5 heteroatoms. The molecular formula is C51H32N4O. The molecule has 0 aliphatic carbocycles. The first-order chi connectivity index (χ1) is 27.8. The molecule has 0 fully saturated rings. The molecule has 5 nitrogen and oxygen atoms in total. The minimum atomic E-state index is 0.592. The van der Waals surface area contributed by atoms with E-state index in [0.29, 0.717) is 17.5 Å². The number of nitrogens with zero attached hydrogens (tertiary/aromatic N) is 4. The quantitative estimate of drug-likeness (QED) is 0.172. The Morgan fingerprint density at radius 2 is 0.893 bits per heavy atom. The van der Waals surface area contributed by atoms with Gasteiger partial charge in [-0.15, -0.1) is 0 Å². The molecule has 8 aromatic carbocycles. The van der Waals surface area contributed by atoms with Gasteiger partial charge >= 0.3 is 0 Å². The number of aromatic nitrogens is 4. The molecule has 0 saturated heterocycles. The second-order valence-corrected chi connectivity index (χ2v) is 14.0. The average Bonchev–Trinajstić information content (AvgIpc) is 3.82. The fraction of sp³-hybridized carbons (Fsp3) is 0. The van der Waals surface area contributed by atoms with Crippen LogP contribution < -0.4 is 0 Å². The first-order valence-corrected chi connectivity index (χ1v) is 18.8. The molecule has 0 bridgehead atoms. The van der Waals surface area contributed by atoms with Gasteiger partial charge in [-0.2, -0.15) is 0 Å². The van der Waals surface area contributed by atoms with Crippen LogP contribution in [0.25, 0.3) is 106 Å². The molecule has 0 aliphatic rings. The summed E-state index contributed by atoms with van der Waals surface area (Å²) in [7, 11) is 0. The van der Waals surface area contributed by atoms with Crippen LogP contribution in [-0.2, 0) is 0 Å². The Kier molecular flexibility index (Phi) is 7.42. The van der Waals surface area contributed by atoms with Crippen LogP contribution in [0, 0.1) is 0 Å². The summed E-state index contributed by atoms with van der Waals surface area (Å²) in [4.78, 5) is 14.8. The van der Waals surface area contributed by atoms with Crippen LogP contribution in [0.5, 0.6) is 0 Å². The third-order valence-corrected chi connectivity index (χ3v) is 10.7. The molecule has 0 radical (unpaired) electrons. The molecule has 0 spiro atoms. The van der Waals surface area contributed by atoms with Gasteiger partial charge < -0.3 is 8.98 Å². The Morgan fingerprint density at radius 1 is 0.339 bits per heavy atom. The van der Waals surface area contributed by atoms with E-state index in [4.69, 9.17) is 19.4 Å². The summed E-state index contributed by atoms with van der Waals surface area (Å²) in [5.74, 6) is 1.84. The Morgan fingerprint density at radius 3 is 1.62 bits per heavy atom. The van der Waals surface area contributed by atoms with E-state index in [0.717, 1.165) is 66.6 Å². The fourth-order valence-electron chi connectivity index (χ4n) is 8.05. The number of hydrogen-bond acceptors (Lipinski definition) is 4. The van der Waals surface area contributed by atoms with E-state index >= 15 is 0 Å². The third kappa shape index (κ3) is 5.29. The van der Waals surface area contributed by atoms with Gasteiger partial charge in [0.15, 0.2) is 17.5 Å². The average molecular weight is 717 g/mol. The molecule has 3 heterocycles. The van der Waals surface area contributed by atoms with Crippen LogP contribution in [0.4, 0.5) is 0 Å². The zero-order valence-corrected chi connectivity index (χ0v) is 30.2. The number of fused-ring (bicyclic) bond motifs is 6. The summed E-state index contributed by atoms with van der Waals surface area (Å²) in [6, 6.07) is 67.5. The lowest BCUT2D eigenvalue weighted by atomic mass is 9.92. The second kappa shape index (κ2) is 13.0. The molecule has 0 atom stereocenters. The monoisotopic (exact) mass is 716 g/mol. The van der Waals surface area contributed by atoms with Crippen molar-refractivity contribution in [3.05, 3.63) is 194 Å². The molecule has 11 rings (SSSR count). The Hall–Kier alpha value is -7.63. The molecule has 11 aromatic rings. The van der Waals surface area contributed by atoms with Gasteiger partial charge in [0.05, 0.1) is 11.0 Å². The fourth-order valence-corrected chi connectivity index (χ4v) is 8.05. The van der Waals surface area contributed by atoms with Crippen molar-refractivity contribution in [2.45, 2.75) is 0 Å². The van der Waals surface area contributed by atoms with Crippen LogP contribution in [0.1, 0.15) is 0 Å². The van der Waals surface area contributed by atoms with Crippen molar-refractivity contribution < 1.29 is 4.42 Å². The predicted octanol–water partition coefficient (Wildman–Crippen LogP) is 13.2. The zero-order valence-electron chi connectivity index (χ0n) is 30.2. The summed E-state index contributed by atoms with van der Waals surface area (Å²) in [5.41, 5.74) is 12.3. The summed E-state index contributed by atoms with van der Waals surface area (Å²) >= 11 is 0. The lowest BCUT2D eigenvalue weighted by Gasteiger charge is -2.12. The van der Waals surface area contributed by atoms with E-state index in [1.165, 1.54) is 21.8 Å². The van der Waals surface area contributed by atoms with E-state index in [9.17, 15) is 0 Å². The third-order valence-electron chi connectivity index (χ3n) is 10.7. The Labute approximate surface area is 322 Å². The van der Waals surface area contributed by atoms with Gasteiger partial charge in [-0.1, -0.05) is 152 Å². The number of furan rings is 1. The summed E-state index contributed by atoms with van der Waals surface area (Å²) in [5, 5.41) is 4.55. The highest BCUT2D eigenvalue weighted by Gasteiger charge is 2.19. The van der Waals surface area contributed by atoms with Crippen LogP contribution >= 0.6 is 0 Å². The maximum Gasteiger partial charge on any atom is 0.164 e. The molecular weight excluding hydrogens is 685 g/mol. The van der Waals surface area contributed by atoms with Crippen molar-refractivity contribution in [2.75, 3.05) is 0 Å². The normalized spacial score (nSPS) is 11.6. The van der Waals surface area contributed by atoms with Gasteiger partial charge in [0, 0.05) is 49.5 Å². The van der Waals surface area contributed by atoms with E-state index in [1.54, 1.807) is 0 Å². The largest absolute Gasteiger partial charge is 0.455 e. The smallest absolute Gasteiger partial charge is 0.164 e. The zero-order chi connectivity index (χ0) is 37.0. The SMILES string of the molecule is c1ccc(-c2nc(-c3ccccc3)nc(-c3ccc4c(c3)oc3c(-c5ccccc5-c5ccc6c(c5)c5ccccc5n6-c5ccccc5)cccc34)n2)cc1. The summed E-state index contributed by atoms with van der Waals surface area (Å²) < 4.78 is 9.18. The predicted molar refractivity (Wildman–Crippen MR) is 229 cm³/mol. The van der Waals surface area contributed by atoms with Crippen LogP contribution in [0.15, 0.2) is 199 Å². The van der Waals surface area contributed by atoms with Crippen molar-refractivity contribution >= 4 is 43.7 Å². The van der Waals surface area contributed by atoms with Gasteiger partial charge in [0.1, 0.15) is 11.2 Å². The molecule has 0 saturated carbocycles. The summed E-state index contributed by atoms with van der Waals surface area (Å²) in [6.07, 6.45) is 0. The van der Waals surface area contributed by atoms with Crippen LogP contribution in [0.2, 0.25) is 0 Å². The van der Waals surface area contributed by atoms with Gasteiger partial charge in [-0.25, -0.2) is 15.0 Å². The highest BCUT2D eigenvalue weighted by atomic mass is 16.3. The minimum absolute atomic E-state index is 0.592. The van der Waals surface area contributed by atoms with E-state index < -0.39 is 0 Å². The number of rotatable bonds is 6. The van der Waals surface area contributed by atoms with Crippen molar-refractivity contribution in [3.8, 4) is 62.1 Å². The molecule has 3 aromatic heterocycles. The first kappa shape index (κ1) is 31.9. The Bertz CT molecular complexity index is 3180. The highest BCUT2D eigenvalue weighted by Crippen LogP contribution is 2.42. The molecule has 56 heavy (non-hydrogen) atoms. The van der Waals surface area contributed by atoms with Gasteiger partial charge in [-0.3, -0.25) is 0 Å². The van der Waals surface area contributed by atoms with Crippen LogP contribution in [-0.4, -0.2) is 19.5 Å². The Balaban J connectivity index is 1.04. The topological polar surface area (TPSA) is 56.7 Å². The van der Waals surface area contributed by atoms with Crippen molar-refractivity contribution in [2.24, 2.45) is 0 Å². The van der Waals surface area contributed by atoms with E-state index in [1.807, 2.05) is 60.7 Å². The maximum absolute atomic E-state index is 6.83. The van der Waals surface area contributed by atoms with Gasteiger partial charge in [0.25, 0.3) is 0 Å². The number of para-hydroxylation sites is 3. The van der Waals surface area contributed by atoms with E-state index in [-0.39, 0.29) is 0 Å². The molecule has 0 N–H and O–H groups in total. The van der Waals surface area contributed by atoms with Gasteiger partial charge in [0.2, 0.25) is 0 Å². The summed E-state index contributed by atoms with van der Waals surface area (Å²) in [6.45, 7) is 0. The number of benzene rings is 8.